The molecule has 150 valence electrons. The van der Waals surface area contributed by atoms with Crippen LogP contribution in [0.1, 0.15) is 18.2 Å². The van der Waals surface area contributed by atoms with Crippen molar-refractivity contribution in [1.82, 2.24) is 5.32 Å². The standard InChI is InChI=1S/C21H28N4O3/c1-2-17-6-3-4-8-19(17)23-21(27)16-25-11-9-24(10-12-25)15-20(26)22-14-18-7-5-13-28-18/h3-8,13H,2,9-12,14-16H2,1H3,(H,22,26)(H,23,27)/p+2. The maximum Gasteiger partial charge on any atom is 0.279 e. The first kappa shape index (κ1) is 20.1. The van der Waals surface area contributed by atoms with Crippen molar-refractivity contribution in [3.63, 3.8) is 0 Å². The molecule has 1 aromatic heterocycles. The molecular formula is C21H30N4O3+2. The van der Waals surface area contributed by atoms with Gasteiger partial charge in [0.25, 0.3) is 11.8 Å². The first-order valence-electron chi connectivity index (χ1n) is 9.98. The number of hydrogen-bond donors (Lipinski definition) is 4. The fraction of sp³-hybridized carbons (Fsp3) is 0.429. The number of furan rings is 1. The second kappa shape index (κ2) is 10.1. The molecule has 0 spiro atoms. The van der Waals surface area contributed by atoms with Crippen LogP contribution < -0.4 is 20.4 Å². The van der Waals surface area contributed by atoms with Crippen LogP contribution in [-0.4, -0.2) is 51.1 Å². The van der Waals surface area contributed by atoms with Crippen molar-refractivity contribution in [2.45, 2.75) is 19.9 Å². The van der Waals surface area contributed by atoms with Crippen molar-refractivity contribution in [3.05, 3.63) is 54.0 Å². The molecular weight excluding hydrogens is 356 g/mol. The molecule has 2 heterocycles. The third kappa shape index (κ3) is 5.94. The molecule has 1 saturated heterocycles. The Morgan fingerprint density at radius 1 is 0.964 bits per heavy atom. The number of piperazine rings is 1. The van der Waals surface area contributed by atoms with Gasteiger partial charge in [-0.3, -0.25) is 9.59 Å². The number of para-hydroxylation sites is 1. The molecule has 2 aromatic rings. The number of carbonyl (C=O) groups is 2. The van der Waals surface area contributed by atoms with Crippen molar-refractivity contribution < 1.29 is 23.8 Å². The van der Waals surface area contributed by atoms with Gasteiger partial charge in [-0.2, -0.15) is 0 Å². The van der Waals surface area contributed by atoms with Gasteiger partial charge in [0, 0.05) is 5.69 Å². The summed E-state index contributed by atoms with van der Waals surface area (Å²) in [6.45, 7) is 7.01. The fourth-order valence-electron chi connectivity index (χ4n) is 3.57. The molecule has 0 atom stereocenters. The number of rotatable bonds is 8. The Labute approximate surface area is 165 Å². The van der Waals surface area contributed by atoms with E-state index in [1.165, 1.54) is 9.80 Å². The van der Waals surface area contributed by atoms with E-state index in [1.54, 1.807) is 6.26 Å². The summed E-state index contributed by atoms with van der Waals surface area (Å²) in [5.41, 5.74) is 2.06. The molecule has 28 heavy (non-hydrogen) atoms. The van der Waals surface area contributed by atoms with Gasteiger partial charge in [0.2, 0.25) is 0 Å². The van der Waals surface area contributed by atoms with Crippen molar-refractivity contribution in [3.8, 4) is 0 Å². The van der Waals surface area contributed by atoms with Crippen LogP contribution in [0.2, 0.25) is 0 Å². The summed E-state index contributed by atoms with van der Waals surface area (Å²) in [6, 6.07) is 11.6. The number of nitrogens with one attached hydrogen (secondary N) is 4. The maximum absolute atomic E-state index is 12.4. The normalized spacial score (nSPS) is 19.2. The quantitative estimate of drug-likeness (QED) is 0.464. The first-order chi connectivity index (χ1) is 13.6. The maximum atomic E-state index is 12.4. The molecule has 1 fully saturated rings. The minimum absolute atomic E-state index is 0.0313. The molecule has 1 aliphatic heterocycles. The third-order valence-corrected chi connectivity index (χ3v) is 5.20. The Kier molecular flexibility index (Phi) is 7.22. The van der Waals surface area contributed by atoms with Gasteiger partial charge in [0.05, 0.1) is 12.8 Å². The predicted octanol–water partition coefficient (Wildman–Crippen LogP) is -1.12. The Hall–Kier alpha value is -2.64. The van der Waals surface area contributed by atoms with Crippen molar-refractivity contribution >= 4 is 17.5 Å². The van der Waals surface area contributed by atoms with Crippen molar-refractivity contribution in [2.24, 2.45) is 0 Å². The SMILES string of the molecule is CCc1ccccc1NC(=O)C[NH+]1CC[NH+](CC(=O)NCc2ccco2)CC1. The van der Waals surface area contributed by atoms with Gasteiger partial charge in [0.1, 0.15) is 31.9 Å². The van der Waals surface area contributed by atoms with E-state index in [2.05, 4.69) is 17.6 Å². The zero-order chi connectivity index (χ0) is 19.8. The van der Waals surface area contributed by atoms with Crippen LogP contribution in [0.25, 0.3) is 0 Å². The van der Waals surface area contributed by atoms with Crippen LogP contribution in [0.3, 0.4) is 0 Å². The summed E-state index contributed by atoms with van der Waals surface area (Å²) in [7, 11) is 0. The van der Waals surface area contributed by atoms with E-state index in [0.717, 1.165) is 49.6 Å². The summed E-state index contributed by atoms with van der Waals surface area (Å²) < 4.78 is 5.22. The zero-order valence-corrected chi connectivity index (χ0v) is 16.4. The highest BCUT2D eigenvalue weighted by molar-refractivity contribution is 5.92. The molecule has 3 rings (SSSR count). The summed E-state index contributed by atoms with van der Waals surface area (Å²) in [5.74, 6) is 0.840. The highest BCUT2D eigenvalue weighted by atomic mass is 16.3. The molecule has 4 N–H and O–H groups in total. The van der Waals surface area contributed by atoms with Crippen LogP contribution in [0.5, 0.6) is 0 Å². The Morgan fingerprint density at radius 3 is 2.29 bits per heavy atom. The van der Waals surface area contributed by atoms with Gasteiger partial charge in [0.15, 0.2) is 13.1 Å². The Bertz CT molecular complexity index is 768. The highest BCUT2D eigenvalue weighted by Gasteiger charge is 2.26. The Morgan fingerprint density at radius 2 is 1.64 bits per heavy atom. The largest absolute Gasteiger partial charge is 0.467 e. The van der Waals surface area contributed by atoms with Crippen LogP contribution in [-0.2, 0) is 22.6 Å². The van der Waals surface area contributed by atoms with E-state index in [-0.39, 0.29) is 11.8 Å². The van der Waals surface area contributed by atoms with Gasteiger partial charge in [-0.1, -0.05) is 25.1 Å². The van der Waals surface area contributed by atoms with E-state index in [4.69, 9.17) is 4.42 Å². The van der Waals surface area contributed by atoms with Gasteiger partial charge < -0.3 is 24.9 Å². The fourth-order valence-corrected chi connectivity index (χ4v) is 3.57. The molecule has 1 aliphatic rings. The molecule has 0 bridgehead atoms. The molecule has 0 radical (unpaired) electrons. The van der Waals surface area contributed by atoms with Crippen molar-refractivity contribution in [2.75, 3.05) is 44.6 Å². The second-order valence-electron chi connectivity index (χ2n) is 7.27. The number of anilines is 1. The summed E-state index contributed by atoms with van der Waals surface area (Å²) in [6.07, 6.45) is 2.50. The Balaban J connectivity index is 1.36. The van der Waals surface area contributed by atoms with E-state index in [9.17, 15) is 9.59 Å². The highest BCUT2D eigenvalue weighted by Crippen LogP contribution is 2.14. The van der Waals surface area contributed by atoms with Crippen LogP contribution in [0, 0.1) is 0 Å². The zero-order valence-electron chi connectivity index (χ0n) is 16.4. The number of hydrogen-bond acceptors (Lipinski definition) is 3. The summed E-state index contributed by atoms with van der Waals surface area (Å²) in [4.78, 5) is 27.0. The minimum Gasteiger partial charge on any atom is -0.467 e. The number of benzene rings is 1. The van der Waals surface area contributed by atoms with Gasteiger partial charge >= 0.3 is 0 Å². The van der Waals surface area contributed by atoms with E-state index < -0.39 is 0 Å². The summed E-state index contributed by atoms with van der Waals surface area (Å²) in [5, 5.41) is 5.93. The first-order valence-corrected chi connectivity index (χ1v) is 9.98. The van der Waals surface area contributed by atoms with Gasteiger partial charge in [-0.15, -0.1) is 0 Å². The topological polar surface area (TPSA) is 80.2 Å². The number of amides is 2. The molecule has 0 aliphatic carbocycles. The summed E-state index contributed by atoms with van der Waals surface area (Å²) >= 11 is 0. The smallest absolute Gasteiger partial charge is 0.279 e. The lowest BCUT2D eigenvalue weighted by molar-refractivity contribution is -1.00. The van der Waals surface area contributed by atoms with E-state index in [0.29, 0.717) is 19.6 Å². The van der Waals surface area contributed by atoms with E-state index in [1.807, 2.05) is 36.4 Å². The average Bonchev–Trinajstić information content (AvgIpc) is 3.22. The van der Waals surface area contributed by atoms with Crippen molar-refractivity contribution in [1.29, 1.82) is 0 Å². The van der Waals surface area contributed by atoms with Crippen LogP contribution >= 0.6 is 0 Å². The minimum atomic E-state index is 0.0313. The third-order valence-electron chi connectivity index (χ3n) is 5.20. The van der Waals surface area contributed by atoms with E-state index >= 15 is 0 Å². The average molecular weight is 386 g/mol. The predicted molar refractivity (Wildman–Crippen MR) is 106 cm³/mol. The molecule has 0 unspecified atom stereocenters. The molecule has 7 nitrogen and oxygen atoms in total. The van der Waals surface area contributed by atoms with Gasteiger partial charge in [-0.05, 0) is 30.2 Å². The lowest BCUT2D eigenvalue weighted by atomic mass is 10.1. The molecule has 7 heteroatoms. The number of quaternary nitrogens is 2. The van der Waals surface area contributed by atoms with Crippen LogP contribution in [0.15, 0.2) is 47.1 Å². The lowest BCUT2D eigenvalue weighted by Gasteiger charge is -2.29. The number of carbonyl (C=O) groups excluding carboxylic acids is 2. The lowest BCUT2D eigenvalue weighted by Crippen LogP contribution is -3.28. The molecule has 1 aromatic carbocycles. The number of aryl methyl sites for hydroxylation is 1. The molecule has 2 amide bonds. The second-order valence-corrected chi connectivity index (χ2v) is 7.27. The molecule has 0 saturated carbocycles. The van der Waals surface area contributed by atoms with Gasteiger partial charge in [-0.25, -0.2) is 0 Å². The monoisotopic (exact) mass is 386 g/mol. The van der Waals surface area contributed by atoms with Crippen LogP contribution in [0.4, 0.5) is 5.69 Å².